The van der Waals surface area contributed by atoms with Crippen LogP contribution in [0.3, 0.4) is 0 Å². The predicted molar refractivity (Wildman–Crippen MR) is 41.2 cm³/mol. The van der Waals surface area contributed by atoms with Crippen LogP contribution in [0.1, 0.15) is 0 Å². The highest BCUT2D eigenvalue weighted by molar-refractivity contribution is 9.11. The largest absolute Gasteiger partial charge is 0.479 e. The first-order chi connectivity index (χ1) is 5.11. The Morgan fingerprint density at radius 1 is 1.73 bits per heavy atom. The van der Waals surface area contributed by atoms with E-state index in [4.69, 9.17) is 10.3 Å². The average Bonchev–Trinajstić information content (AvgIpc) is 1.85. The van der Waals surface area contributed by atoms with Gasteiger partial charge in [-0.05, 0) is 28.1 Å². The van der Waals surface area contributed by atoms with Crippen LogP contribution in [0.5, 0.6) is 0 Å². The number of carboxylic acid groups (broad SMARTS) is 1. The first-order valence-corrected chi connectivity index (χ1v) is 3.66. The topological polar surface area (TPSA) is 60.8 Å². The van der Waals surface area contributed by atoms with E-state index in [1.54, 1.807) is 6.08 Å². The van der Waals surface area contributed by atoms with Gasteiger partial charge in [-0.1, -0.05) is 0 Å². The van der Waals surface area contributed by atoms with Crippen LogP contribution < -0.4 is 0 Å². The average molecular weight is 220 g/mol. The van der Waals surface area contributed by atoms with Gasteiger partial charge in [0.25, 0.3) is 0 Å². The van der Waals surface area contributed by atoms with Crippen LogP contribution in [-0.2, 0) is 4.79 Å². The van der Waals surface area contributed by atoms with Gasteiger partial charge in [-0.3, -0.25) is 5.21 Å². The normalized spacial score (nSPS) is 23.3. The molecule has 1 aliphatic heterocycles. The standard InChI is InChI=1S/C6H6BrNO3/c7-4-1-2-5(6(9)10)8(11)3-4/h1-3,5,11H,(H,9,10). The SMILES string of the molecule is O=C(O)C1C=CC(Br)=CN1O. The number of rotatable bonds is 1. The molecular formula is C6H6BrNO3. The number of hydrogen-bond donors (Lipinski definition) is 2. The van der Waals surface area contributed by atoms with E-state index in [0.717, 1.165) is 0 Å². The number of halogens is 1. The summed E-state index contributed by atoms with van der Waals surface area (Å²) in [4.78, 5) is 10.4. The molecule has 1 heterocycles. The Labute approximate surface area is 71.5 Å². The third kappa shape index (κ3) is 1.81. The Bertz CT molecular complexity index is 236. The molecule has 0 radical (unpaired) electrons. The second-order valence-corrected chi connectivity index (χ2v) is 2.95. The van der Waals surface area contributed by atoms with Gasteiger partial charge in [0.1, 0.15) is 0 Å². The van der Waals surface area contributed by atoms with Crippen LogP contribution >= 0.6 is 15.9 Å². The number of hydroxylamine groups is 2. The first kappa shape index (κ1) is 8.29. The summed E-state index contributed by atoms with van der Waals surface area (Å²) in [5, 5.41) is 18.1. The zero-order valence-corrected chi connectivity index (χ0v) is 7.02. The molecule has 0 aromatic heterocycles. The van der Waals surface area contributed by atoms with Crippen LogP contribution in [0.15, 0.2) is 22.8 Å². The van der Waals surface area contributed by atoms with Crippen LogP contribution in [0.2, 0.25) is 0 Å². The molecule has 1 unspecified atom stereocenters. The molecule has 0 fully saturated rings. The second kappa shape index (κ2) is 3.06. The number of hydrogen-bond acceptors (Lipinski definition) is 3. The minimum absolute atomic E-state index is 0.631. The summed E-state index contributed by atoms with van der Waals surface area (Å²) < 4.78 is 0.637. The van der Waals surface area contributed by atoms with Crippen molar-refractivity contribution in [2.75, 3.05) is 0 Å². The van der Waals surface area contributed by atoms with Crippen molar-refractivity contribution in [3.8, 4) is 0 Å². The van der Waals surface area contributed by atoms with Crippen molar-refractivity contribution >= 4 is 21.9 Å². The monoisotopic (exact) mass is 219 g/mol. The first-order valence-electron chi connectivity index (χ1n) is 2.87. The van der Waals surface area contributed by atoms with Gasteiger partial charge < -0.3 is 5.11 Å². The van der Waals surface area contributed by atoms with Crippen LogP contribution in [0.25, 0.3) is 0 Å². The van der Waals surface area contributed by atoms with Crippen molar-refractivity contribution < 1.29 is 15.1 Å². The molecule has 1 atom stereocenters. The van der Waals surface area contributed by atoms with Crippen molar-refractivity contribution in [3.05, 3.63) is 22.8 Å². The number of carboxylic acids is 1. The molecule has 0 aromatic carbocycles. The van der Waals surface area contributed by atoms with Gasteiger partial charge in [0.15, 0.2) is 6.04 Å². The lowest BCUT2D eigenvalue weighted by Crippen LogP contribution is -2.35. The quantitative estimate of drug-likeness (QED) is 0.690. The maximum absolute atomic E-state index is 10.4. The molecule has 0 saturated carbocycles. The Balaban J connectivity index is 2.77. The van der Waals surface area contributed by atoms with Crippen LogP contribution in [0.4, 0.5) is 0 Å². The maximum Gasteiger partial charge on any atom is 0.332 e. The molecule has 0 amide bonds. The number of nitrogens with zero attached hydrogens (tertiary/aromatic N) is 1. The molecule has 1 rings (SSSR count). The molecule has 5 heteroatoms. The molecular weight excluding hydrogens is 214 g/mol. The van der Waals surface area contributed by atoms with Gasteiger partial charge in [-0.2, -0.15) is 0 Å². The maximum atomic E-state index is 10.4. The Morgan fingerprint density at radius 2 is 2.36 bits per heavy atom. The summed E-state index contributed by atoms with van der Waals surface area (Å²) in [7, 11) is 0. The summed E-state index contributed by atoms with van der Waals surface area (Å²) in [6.45, 7) is 0. The van der Waals surface area contributed by atoms with Gasteiger partial charge in [0.2, 0.25) is 0 Å². The summed E-state index contributed by atoms with van der Waals surface area (Å²) in [6.07, 6.45) is 4.25. The third-order valence-electron chi connectivity index (χ3n) is 1.23. The lowest BCUT2D eigenvalue weighted by molar-refractivity contribution is -0.153. The number of carbonyl (C=O) groups is 1. The van der Waals surface area contributed by atoms with E-state index >= 15 is 0 Å². The minimum atomic E-state index is -1.08. The summed E-state index contributed by atoms with van der Waals surface area (Å²) in [5.74, 6) is -1.08. The molecule has 0 aliphatic carbocycles. The molecule has 4 nitrogen and oxygen atoms in total. The summed E-state index contributed by atoms with van der Waals surface area (Å²) >= 11 is 3.08. The molecule has 1 aliphatic rings. The predicted octanol–water partition coefficient (Wildman–Crippen LogP) is 0.937. The Morgan fingerprint density at radius 3 is 2.82 bits per heavy atom. The van der Waals surface area contributed by atoms with E-state index in [-0.39, 0.29) is 0 Å². The lowest BCUT2D eigenvalue weighted by atomic mass is 10.2. The van der Waals surface area contributed by atoms with Gasteiger partial charge in [0.05, 0.1) is 0 Å². The van der Waals surface area contributed by atoms with Crippen molar-refractivity contribution in [3.63, 3.8) is 0 Å². The lowest BCUT2D eigenvalue weighted by Gasteiger charge is -2.20. The van der Waals surface area contributed by atoms with Crippen LogP contribution in [0, 0.1) is 0 Å². The highest BCUT2D eigenvalue weighted by Crippen LogP contribution is 2.15. The van der Waals surface area contributed by atoms with Crippen molar-refractivity contribution in [1.29, 1.82) is 0 Å². The third-order valence-corrected chi connectivity index (χ3v) is 1.70. The molecule has 2 N–H and O–H groups in total. The van der Waals surface area contributed by atoms with Gasteiger partial charge in [-0.25, -0.2) is 9.86 Å². The fraction of sp³-hybridized carbons (Fsp3) is 0.167. The summed E-state index contributed by atoms with van der Waals surface area (Å²) in [5.41, 5.74) is 0. The number of allylic oxidation sites excluding steroid dienone is 2. The van der Waals surface area contributed by atoms with Crippen molar-refractivity contribution in [2.45, 2.75) is 6.04 Å². The van der Waals surface area contributed by atoms with E-state index in [1.165, 1.54) is 12.3 Å². The Kier molecular flexibility index (Phi) is 2.31. The molecule has 0 aromatic rings. The van der Waals surface area contributed by atoms with Crippen LogP contribution in [-0.4, -0.2) is 27.4 Å². The van der Waals surface area contributed by atoms with E-state index in [0.29, 0.717) is 9.55 Å². The Hall–Kier alpha value is -0.810. The molecule has 0 bridgehead atoms. The highest BCUT2D eigenvalue weighted by atomic mass is 79.9. The fourth-order valence-electron chi connectivity index (χ4n) is 0.716. The minimum Gasteiger partial charge on any atom is -0.479 e. The van der Waals surface area contributed by atoms with E-state index in [2.05, 4.69) is 15.9 Å². The molecule has 11 heavy (non-hydrogen) atoms. The number of aliphatic carboxylic acids is 1. The summed E-state index contributed by atoms with van der Waals surface area (Å²) in [6, 6.07) is -0.976. The van der Waals surface area contributed by atoms with E-state index < -0.39 is 12.0 Å². The zero-order chi connectivity index (χ0) is 8.43. The van der Waals surface area contributed by atoms with E-state index in [1.807, 2.05) is 0 Å². The fourth-order valence-corrected chi connectivity index (χ4v) is 1.08. The van der Waals surface area contributed by atoms with Gasteiger partial charge >= 0.3 is 5.97 Å². The van der Waals surface area contributed by atoms with Gasteiger partial charge in [0, 0.05) is 10.7 Å². The highest BCUT2D eigenvalue weighted by Gasteiger charge is 2.21. The molecule has 0 saturated heterocycles. The second-order valence-electron chi connectivity index (χ2n) is 2.04. The van der Waals surface area contributed by atoms with Crippen molar-refractivity contribution in [1.82, 2.24) is 5.06 Å². The molecule has 60 valence electrons. The van der Waals surface area contributed by atoms with Crippen molar-refractivity contribution in [2.24, 2.45) is 0 Å². The van der Waals surface area contributed by atoms with E-state index in [9.17, 15) is 4.79 Å². The zero-order valence-electron chi connectivity index (χ0n) is 5.44. The smallest absolute Gasteiger partial charge is 0.332 e. The van der Waals surface area contributed by atoms with Gasteiger partial charge in [-0.15, -0.1) is 0 Å². The molecule has 0 spiro atoms.